The Morgan fingerprint density at radius 1 is 1.21 bits per heavy atom. The fraction of sp³-hybridized carbons (Fsp3) is 0.458. The van der Waals surface area contributed by atoms with E-state index in [1.54, 1.807) is 33.0 Å². The number of nitrogens with zero attached hydrogens (tertiary/aromatic N) is 5. The van der Waals surface area contributed by atoms with Crippen molar-refractivity contribution in [2.45, 2.75) is 58.9 Å². The van der Waals surface area contributed by atoms with E-state index < -0.39 is 17.9 Å². The Kier molecular flexibility index (Phi) is 6.24. The zero-order valence-electron chi connectivity index (χ0n) is 20.1. The van der Waals surface area contributed by atoms with Gasteiger partial charge < -0.3 is 20.7 Å². The Balaban J connectivity index is 1.54. The van der Waals surface area contributed by atoms with Crippen LogP contribution in [-0.2, 0) is 4.74 Å². The third-order valence-corrected chi connectivity index (χ3v) is 5.50. The minimum absolute atomic E-state index is 0.0108. The number of aryl methyl sites for hydroxylation is 2. The number of alkyl halides is 1. The number of hydrogen-bond donors (Lipinski definition) is 2. The Morgan fingerprint density at radius 2 is 1.97 bits per heavy atom. The number of fused-ring (bicyclic) bond motifs is 1. The van der Waals surface area contributed by atoms with Gasteiger partial charge in [0.2, 0.25) is 5.95 Å². The molecule has 180 valence electrons. The van der Waals surface area contributed by atoms with E-state index >= 15 is 0 Å². The number of nitrogen functional groups attached to an aromatic ring is 1. The smallest absolute Gasteiger partial charge is 0.410 e. The summed E-state index contributed by atoms with van der Waals surface area (Å²) in [5.41, 5.74) is 9.82. The van der Waals surface area contributed by atoms with Crippen LogP contribution in [0.5, 0.6) is 0 Å². The molecule has 1 amide bonds. The van der Waals surface area contributed by atoms with E-state index in [9.17, 15) is 9.18 Å². The van der Waals surface area contributed by atoms with Crippen LogP contribution < -0.4 is 11.1 Å². The normalized spacial score (nSPS) is 18.7. The van der Waals surface area contributed by atoms with Gasteiger partial charge in [-0.25, -0.2) is 29.1 Å². The standard InChI is InChI=1S/C24H30FN7O2/c1-13-8-18(17-6-7-20(26)28-14(17)2)30-19-10-27-22(31-21(13)19)29-16-9-15(25)11-32(12-16)23(33)34-24(3,4)5/h6-8,10,15-16H,9,11-12H2,1-5H3,(H2,26,28)(H,27,29,31)/t15-,16-/m0/s1. The highest BCUT2D eigenvalue weighted by Gasteiger charge is 2.33. The number of piperidine rings is 1. The maximum atomic E-state index is 14.4. The van der Waals surface area contributed by atoms with Gasteiger partial charge in [-0.1, -0.05) is 0 Å². The van der Waals surface area contributed by atoms with Crippen LogP contribution >= 0.6 is 0 Å². The number of halogens is 1. The van der Waals surface area contributed by atoms with Crippen LogP contribution in [0.1, 0.15) is 38.4 Å². The summed E-state index contributed by atoms with van der Waals surface area (Å²) in [6, 6.07) is 5.25. The van der Waals surface area contributed by atoms with Gasteiger partial charge in [-0.15, -0.1) is 0 Å². The summed E-state index contributed by atoms with van der Waals surface area (Å²) in [5.74, 6) is 0.819. The van der Waals surface area contributed by atoms with E-state index in [1.165, 1.54) is 4.90 Å². The van der Waals surface area contributed by atoms with E-state index in [-0.39, 0.29) is 19.0 Å². The summed E-state index contributed by atoms with van der Waals surface area (Å²) in [6.07, 6.45) is 0.200. The monoisotopic (exact) mass is 467 g/mol. The molecule has 1 aliphatic heterocycles. The molecule has 0 saturated carbocycles. The molecule has 0 spiro atoms. The van der Waals surface area contributed by atoms with Gasteiger partial charge in [-0.3, -0.25) is 0 Å². The van der Waals surface area contributed by atoms with Gasteiger partial charge in [0.25, 0.3) is 0 Å². The first-order valence-corrected chi connectivity index (χ1v) is 11.2. The molecule has 34 heavy (non-hydrogen) atoms. The summed E-state index contributed by atoms with van der Waals surface area (Å²) in [4.78, 5) is 31.8. The molecule has 3 aromatic heterocycles. The van der Waals surface area contributed by atoms with Crippen LogP contribution in [0.4, 0.5) is 21.0 Å². The number of anilines is 2. The molecule has 3 N–H and O–H groups in total. The number of nitrogens with two attached hydrogens (primary N) is 1. The highest BCUT2D eigenvalue weighted by atomic mass is 19.1. The average Bonchev–Trinajstić information content (AvgIpc) is 2.72. The summed E-state index contributed by atoms with van der Waals surface area (Å²) in [6.45, 7) is 9.51. The fourth-order valence-corrected chi connectivity index (χ4v) is 4.04. The molecule has 4 heterocycles. The lowest BCUT2D eigenvalue weighted by atomic mass is 10.0. The van der Waals surface area contributed by atoms with Crippen LogP contribution in [0.3, 0.4) is 0 Å². The Morgan fingerprint density at radius 3 is 2.68 bits per heavy atom. The quantitative estimate of drug-likeness (QED) is 0.592. The molecule has 10 heteroatoms. The maximum absolute atomic E-state index is 14.4. The van der Waals surface area contributed by atoms with Gasteiger partial charge in [0, 0.05) is 30.3 Å². The topological polar surface area (TPSA) is 119 Å². The zero-order chi connectivity index (χ0) is 24.6. The molecular formula is C24H30FN7O2. The lowest BCUT2D eigenvalue weighted by Gasteiger charge is -2.36. The summed E-state index contributed by atoms with van der Waals surface area (Å²) in [7, 11) is 0. The second-order valence-corrected chi connectivity index (χ2v) is 9.68. The molecule has 1 saturated heterocycles. The number of carbonyl (C=O) groups is 1. The van der Waals surface area contributed by atoms with Gasteiger partial charge in [0.05, 0.1) is 24.0 Å². The number of aromatic nitrogens is 4. The summed E-state index contributed by atoms with van der Waals surface area (Å²) in [5, 5.41) is 3.18. The van der Waals surface area contributed by atoms with Crippen molar-refractivity contribution in [1.29, 1.82) is 0 Å². The predicted octanol–water partition coefficient (Wildman–Crippen LogP) is 4.05. The first-order chi connectivity index (χ1) is 16.0. The Bertz CT molecular complexity index is 1230. The van der Waals surface area contributed by atoms with E-state index in [0.29, 0.717) is 29.3 Å². The third-order valence-electron chi connectivity index (χ3n) is 5.50. The number of rotatable bonds is 3. The fourth-order valence-electron chi connectivity index (χ4n) is 4.04. The van der Waals surface area contributed by atoms with Crippen molar-refractivity contribution < 1.29 is 13.9 Å². The van der Waals surface area contributed by atoms with Gasteiger partial charge >= 0.3 is 6.09 Å². The zero-order valence-corrected chi connectivity index (χ0v) is 20.1. The Hall–Kier alpha value is -3.56. The van der Waals surface area contributed by atoms with Gasteiger partial charge in [0.15, 0.2) is 0 Å². The first-order valence-electron chi connectivity index (χ1n) is 11.2. The lowest BCUT2D eigenvalue weighted by molar-refractivity contribution is 0.0124. The lowest BCUT2D eigenvalue weighted by Crippen LogP contribution is -2.51. The number of nitrogens with one attached hydrogen (secondary N) is 1. The number of amides is 1. The molecule has 1 fully saturated rings. The van der Waals surface area contributed by atoms with Crippen molar-refractivity contribution in [3.8, 4) is 11.3 Å². The van der Waals surface area contributed by atoms with Crippen molar-refractivity contribution >= 4 is 28.9 Å². The summed E-state index contributed by atoms with van der Waals surface area (Å²) >= 11 is 0. The van der Waals surface area contributed by atoms with Gasteiger partial charge in [-0.05, 0) is 58.4 Å². The first kappa shape index (κ1) is 23.6. The molecule has 0 unspecified atom stereocenters. The van der Waals surface area contributed by atoms with Crippen LogP contribution in [0, 0.1) is 13.8 Å². The maximum Gasteiger partial charge on any atom is 0.410 e. The van der Waals surface area contributed by atoms with Gasteiger partial charge in [0.1, 0.15) is 23.1 Å². The van der Waals surface area contributed by atoms with Crippen molar-refractivity contribution in [3.05, 3.63) is 35.7 Å². The molecule has 3 aromatic rings. The Labute approximate surface area is 198 Å². The average molecular weight is 468 g/mol. The SMILES string of the molecule is Cc1nc(N)ccc1-c1cc(C)c2nc(N[C@H]3C[C@H](F)CN(C(=O)OC(C)(C)C)C3)ncc2n1. The number of likely N-dealkylation sites (tertiary alicyclic amines) is 1. The van der Waals surface area contributed by atoms with E-state index in [2.05, 4.69) is 20.3 Å². The summed E-state index contributed by atoms with van der Waals surface area (Å²) < 4.78 is 19.8. The highest BCUT2D eigenvalue weighted by molar-refractivity contribution is 5.82. The number of ether oxygens (including phenoxy) is 1. The molecule has 0 aromatic carbocycles. The van der Waals surface area contributed by atoms with Crippen LogP contribution in [0.25, 0.3) is 22.3 Å². The van der Waals surface area contributed by atoms with Crippen molar-refractivity contribution in [3.63, 3.8) is 0 Å². The third kappa shape index (κ3) is 5.32. The van der Waals surface area contributed by atoms with Crippen molar-refractivity contribution in [2.24, 2.45) is 0 Å². The van der Waals surface area contributed by atoms with E-state index in [4.69, 9.17) is 15.5 Å². The number of pyridine rings is 2. The second kappa shape index (κ2) is 9.00. The van der Waals surface area contributed by atoms with E-state index in [0.717, 1.165) is 22.5 Å². The molecule has 9 nitrogen and oxygen atoms in total. The van der Waals surface area contributed by atoms with Crippen LogP contribution in [-0.4, -0.2) is 61.8 Å². The molecular weight excluding hydrogens is 437 g/mol. The van der Waals surface area contributed by atoms with Gasteiger partial charge in [-0.2, -0.15) is 0 Å². The number of carbonyl (C=O) groups excluding carboxylic acids is 1. The predicted molar refractivity (Wildman–Crippen MR) is 129 cm³/mol. The highest BCUT2D eigenvalue weighted by Crippen LogP contribution is 2.26. The molecule has 1 aliphatic rings. The minimum atomic E-state index is -1.16. The molecule has 0 bridgehead atoms. The minimum Gasteiger partial charge on any atom is -0.444 e. The van der Waals surface area contributed by atoms with Crippen LogP contribution in [0.2, 0.25) is 0 Å². The molecule has 0 radical (unpaired) electrons. The van der Waals surface area contributed by atoms with Crippen molar-refractivity contribution in [1.82, 2.24) is 24.8 Å². The second-order valence-electron chi connectivity index (χ2n) is 9.68. The molecule has 0 aliphatic carbocycles. The number of hydrogen-bond acceptors (Lipinski definition) is 8. The van der Waals surface area contributed by atoms with E-state index in [1.807, 2.05) is 26.0 Å². The molecule has 2 atom stereocenters. The largest absolute Gasteiger partial charge is 0.444 e. The van der Waals surface area contributed by atoms with Crippen LogP contribution in [0.15, 0.2) is 24.4 Å². The molecule has 4 rings (SSSR count). The van der Waals surface area contributed by atoms with Crippen molar-refractivity contribution in [2.75, 3.05) is 24.1 Å².